The Balaban J connectivity index is 1.59. The summed E-state index contributed by atoms with van der Waals surface area (Å²) in [7, 11) is 0. The van der Waals surface area contributed by atoms with E-state index in [-0.39, 0.29) is 38.4 Å². The number of pyridine rings is 1. The number of imide groups is 1. The number of nitrogens with zero attached hydrogens (tertiary/aromatic N) is 3. The first kappa shape index (κ1) is 22.6. The summed E-state index contributed by atoms with van der Waals surface area (Å²) in [6.45, 7) is 4.71. The van der Waals surface area contributed by atoms with Gasteiger partial charge in [-0.1, -0.05) is 60.3 Å². The van der Waals surface area contributed by atoms with Crippen LogP contribution in [0.3, 0.4) is 0 Å². The summed E-state index contributed by atoms with van der Waals surface area (Å²) in [5.74, 6) is -3.00. The minimum absolute atomic E-state index is 0.0450. The van der Waals surface area contributed by atoms with Crippen molar-refractivity contribution >= 4 is 75.6 Å². The second-order valence-electron chi connectivity index (χ2n) is 10.1. The lowest BCUT2D eigenvalue weighted by atomic mass is 9.73. The average molecular weight is 540 g/mol. The standard InChI is InChI=1S/C23H18Cl4N4O3/c1-22(2)7-13-16-17(20(33)31(19(16)32)15-6-10(25)5-14(27)28-15)23(30(13)8-22)11-3-9(24)4-12(26)18(11)29-21(23)34/h3-6,13,16-17H,7-8H2,1-2H3,(H,29,34). The first-order valence-corrected chi connectivity index (χ1v) is 12.3. The van der Waals surface area contributed by atoms with Gasteiger partial charge < -0.3 is 5.32 Å². The summed E-state index contributed by atoms with van der Waals surface area (Å²) in [6.07, 6.45) is 0.642. The van der Waals surface area contributed by atoms with E-state index in [1.165, 1.54) is 12.1 Å². The predicted molar refractivity (Wildman–Crippen MR) is 129 cm³/mol. The molecule has 176 valence electrons. The predicted octanol–water partition coefficient (Wildman–Crippen LogP) is 4.76. The number of aromatic nitrogens is 1. The fraction of sp³-hybridized carbons (Fsp3) is 0.391. The van der Waals surface area contributed by atoms with Crippen LogP contribution in [0, 0.1) is 17.3 Å². The smallest absolute Gasteiger partial charge is 0.250 e. The highest BCUT2D eigenvalue weighted by Gasteiger charge is 2.76. The molecule has 0 bridgehead atoms. The molecule has 4 aliphatic rings. The number of fused-ring (bicyclic) bond motifs is 7. The van der Waals surface area contributed by atoms with Crippen molar-refractivity contribution in [3.63, 3.8) is 0 Å². The van der Waals surface area contributed by atoms with Gasteiger partial charge in [-0.2, -0.15) is 0 Å². The van der Waals surface area contributed by atoms with Crippen molar-refractivity contribution in [3.05, 3.63) is 50.0 Å². The summed E-state index contributed by atoms with van der Waals surface area (Å²) in [6, 6.07) is 5.73. The van der Waals surface area contributed by atoms with Crippen LogP contribution in [-0.2, 0) is 19.9 Å². The molecule has 1 aromatic heterocycles. The summed E-state index contributed by atoms with van der Waals surface area (Å²) in [5.41, 5.74) is -0.660. The molecule has 1 aromatic carbocycles. The molecule has 0 saturated carbocycles. The number of nitrogens with one attached hydrogen (secondary N) is 1. The lowest BCUT2D eigenvalue weighted by Gasteiger charge is -2.37. The maximum absolute atomic E-state index is 14.0. The van der Waals surface area contributed by atoms with Crippen LogP contribution in [0.25, 0.3) is 0 Å². The minimum Gasteiger partial charge on any atom is -0.323 e. The van der Waals surface area contributed by atoms with E-state index in [1.807, 2.05) is 4.90 Å². The van der Waals surface area contributed by atoms with Gasteiger partial charge in [0.15, 0.2) is 0 Å². The number of carbonyl (C=O) groups excluding carboxylic acids is 3. The quantitative estimate of drug-likeness (QED) is 0.417. The molecule has 11 heteroatoms. The van der Waals surface area contributed by atoms with E-state index in [0.29, 0.717) is 29.2 Å². The zero-order valence-corrected chi connectivity index (χ0v) is 21.1. The van der Waals surface area contributed by atoms with Gasteiger partial charge in [0.1, 0.15) is 16.5 Å². The van der Waals surface area contributed by atoms with Crippen molar-refractivity contribution in [2.75, 3.05) is 16.8 Å². The molecule has 2 aromatic rings. The zero-order valence-electron chi connectivity index (χ0n) is 18.0. The van der Waals surface area contributed by atoms with Crippen LogP contribution < -0.4 is 10.2 Å². The normalized spacial score (nSPS) is 31.3. The van der Waals surface area contributed by atoms with Gasteiger partial charge >= 0.3 is 0 Å². The van der Waals surface area contributed by atoms with E-state index in [0.717, 1.165) is 4.90 Å². The van der Waals surface area contributed by atoms with Crippen molar-refractivity contribution in [1.82, 2.24) is 9.88 Å². The number of amides is 3. The number of benzene rings is 1. The zero-order chi connectivity index (χ0) is 24.3. The molecule has 1 spiro atoms. The Morgan fingerprint density at radius 3 is 2.41 bits per heavy atom. The van der Waals surface area contributed by atoms with Crippen LogP contribution in [0.5, 0.6) is 0 Å². The molecule has 4 unspecified atom stereocenters. The van der Waals surface area contributed by atoms with E-state index < -0.39 is 29.2 Å². The monoisotopic (exact) mass is 538 g/mol. The topological polar surface area (TPSA) is 82.6 Å². The van der Waals surface area contributed by atoms with Gasteiger partial charge in [0.2, 0.25) is 11.8 Å². The van der Waals surface area contributed by atoms with Crippen LogP contribution in [0.1, 0.15) is 25.8 Å². The van der Waals surface area contributed by atoms with Crippen molar-refractivity contribution in [2.45, 2.75) is 31.8 Å². The lowest BCUT2D eigenvalue weighted by Crippen LogP contribution is -2.54. The van der Waals surface area contributed by atoms with E-state index >= 15 is 0 Å². The highest BCUT2D eigenvalue weighted by molar-refractivity contribution is 6.38. The van der Waals surface area contributed by atoms with Crippen LogP contribution in [-0.4, -0.2) is 40.2 Å². The number of carbonyl (C=O) groups is 3. The van der Waals surface area contributed by atoms with Crippen molar-refractivity contribution in [1.29, 1.82) is 0 Å². The Morgan fingerprint density at radius 1 is 1.00 bits per heavy atom. The van der Waals surface area contributed by atoms with Crippen LogP contribution in [0.15, 0.2) is 24.3 Å². The van der Waals surface area contributed by atoms with Gasteiger partial charge in [-0.3, -0.25) is 19.3 Å². The SMILES string of the molecule is CC1(C)CC2C3C(=O)N(c4cc(Cl)cc(Cl)n4)C(=O)C3C3(C(=O)Nc4c(Cl)cc(Cl)cc43)N2C1. The highest BCUT2D eigenvalue weighted by Crippen LogP contribution is 2.63. The van der Waals surface area contributed by atoms with Gasteiger partial charge in [-0.25, -0.2) is 9.88 Å². The third-order valence-electron chi connectivity index (χ3n) is 7.45. The van der Waals surface area contributed by atoms with Crippen LogP contribution in [0.4, 0.5) is 11.5 Å². The molecule has 3 amide bonds. The lowest BCUT2D eigenvalue weighted by molar-refractivity contribution is -0.135. The molecular weight excluding hydrogens is 522 g/mol. The van der Waals surface area contributed by atoms with Crippen LogP contribution >= 0.6 is 46.4 Å². The number of halogens is 4. The van der Waals surface area contributed by atoms with E-state index in [1.54, 1.807) is 12.1 Å². The summed E-state index contributed by atoms with van der Waals surface area (Å²) in [4.78, 5) is 48.9. The second kappa shape index (κ2) is 7.08. The number of hydrogen-bond acceptors (Lipinski definition) is 5. The Hall–Kier alpha value is -1.90. The fourth-order valence-electron chi connectivity index (χ4n) is 6.44. The van der Waals surface area contributed by atoms with Gasteiger partial charge in [0, 0.05) is 34.3 Å². The molecule has 4 atom stereocenters. The molecule has 0 aliphatic carbocycles. The Morgan fingerprint density at radius 2 is 1.71 bits per heavy atom. The molecule has 34 heavy (non-hydrogen) atoms. The maximum atomic E-state index is 14.0. The molecule has 6 rings (SSSR count). The molecule has 1 N–H and O–H groups in total. The first-order chi connectivity index (χ1) is 16.0. The Kier molecular flexibility index (Phi) is 4.69. The minimum atomic E-state index is -1.42. The van der Waals surface area contributed by atoms with Crippen molar-refractivity contribution < 1.29 is 14.4 Å². The summed E-state index contributed by atoms with van der Waals surface area (Å²) >= 11 is 25.0. The fourth-order valence-corrected chi connectivity index (χ4v) is 7.44. The number of hydrogen-bond donors (Lipinski definition) is 1. The third kappa shape index (κ3) is 2.76. The van der Waals surface area contributed by atoms with Crippen molar-refractivity contribution in [2.24, 2.45) is 17.3 Å². The third-order valence-corrected chi connectivity index (χ3v) is 8.38. The van der Waals surface area contributed by atoms with Gasteiger partial charge in [0.05, 0.1) is 22.5 Å². The van der Waals surface area contributed by atoms with Gasteiger partial charge in [-0.05, 0) is 30.0 Å². The summed E-state index contributed by atoms with van der Waals surface area (Å²) in [5, 5.41) is 3.80. The van der Waals surface area contributed by atoms with E-state index in [4.69, 9.17) is 46.4 Å². The van der Waals surface area contributed by atoms with Gasteiger partial charge in [0.25, 0.3) is 5.91 Å². The summed E-state index contributed by atoms with van der Waals surface area (Å²) < 4.78 is 0. The Labute approximate surface area is 215 Å². The number of rotatable bonds is 1. The van der Waals surface area contributed by atoms with E-state index in [2.05, 4.69) is 24.1 Å². The molecule has 7 nitrogen and oxygen atoms in total. The second-order valence-corrected chi connectivity index (χ2v) is 11.7. The molecule has 3 fully saturated rings. The molecule has 3 saturated heterocycles. The molecule has 4 aliphatic heterocycles. The Bertz CT molecular complexity index is 1310. The maximum Gasteiger partial charge on any atom is 0.250 e. The molecular formula is C23H18Cl4N4O3. The first-order valence-electron chi connectivity index (χ1n) is 10.7. The van der Waals surface area contributed by atoms with Gasteiger partial charge in [-0.15, -0.1) is 0 Å². The largest absolute Gasteiger partial charge is 0.323 e. The average Bonchev–Trinajstić information content (AvgIpc) is 3.35. The highest BCUT2D eigenvalue weighted by atomic mass is 35.5. The molecule has 0 radical (unpaired) electrons. The van der Waals surface area contributed by atoms with E-state index in [9.17, 15) is 14.4 Å². The van der Waals surface area contributed by atoms with Crippen molar-refractivity contribution in [3.8, 4) is 0 Å². The van der Waals surface area contributed by atoms with Crippen LogP contribution in [0.2, 0.25) is 20.2 Å². The number of anilines is 2. The molecule has 5 heterocycles.